The Bertz CT molecular complexity index is 1120. The van der Waals surface area contributed by atoms with Crippen molar-refractivity contribution >= 4 is 37.5 Å². The molecule has 4 rings (SSSR count). The molecule has 8 nitrogen and oxygen atoms in total. The molecule has 140 valence electrons. The molecule has 27 heavy (non-hydrogen) atoms. The van der Waals surface area contributed by atoms with Crippen LogP contribution in [0.15, 0.2) is 40.9 Å². The molecule has 3 heterocycles. The quantitative estimate of drug-likeness (QED) is 0.698. The van der Waals surface area contributed by atoms with Crippen LogP contribution in [0.4, 0.5) is 0 Å². The average molecular weight is 404 g/mol. The molecule has 2 aromatic heterocycles. The second-order valence-electron chi connectivity index (χ2n) is 6.05. The van der Waals surface area contributed by atoms with Crippen LogP contribution >= 0.6 is 11.3 Å². The number of thiophene rings is 1. The van der Waals surface area contributed by atoms with E-state index in [-0.39, 0.29) is 22.1 Å². The Hall–Kier alpha value is -2.56. The number of aromatic nitrogens is 2. The van der Waals surface area contributed by atoms with Gasteiger partial charge in [-0.05, 0) is 42.5 Å². The Labute approximate surface area is 159 Å². The lowest BCUT2D eigenvalue weighted by atomic mass is 10.2. The zero-order chi connectivity index (χ0) is 19.0. The van der Waals surface area contributed by atoms with E-state index in [2.05, 4.69) is 9.97 Å². The fourth-order valence-corrected chi connectivity index (χ4v) is 5.25. The molecule has 0 aliphatic carbocycles. The lowest BCUT2D eigenvalue weighted by Crippen LogP contribution is -2.28. The van der Waals surface area contributed by atoms with Gasteiger partial charge in [-0.25, -0.2) is 18.4 Å². The summed E-state index contributed by atoms with van der Waals surface area (Å²) in [5, 5.41) is 2.55. The van der Waals surface area contributed by atoms with Crippen LogP contribution in [0.5, 0.6) is 11.6 Å². The maximum atomic E-state index is 12.7. The number of benzene rings is 1. The monoisotopic (exact) mass is 404 g/mol. The summed E-state index contributed by atoms with van der Waals surface area (Å²) in [5.41, 5.74) is 5.45. The third-order valence-corrected chi connectivity index (χ3v) is 7.07. The van der Waals surface area contributed by atoms with Gasteiger partial charge in [-0.15, -0.1) is 11.3 Å². The molecule has 0 bridgehead atoms. The number of carbonyl (C=O) groups is 1. The summed E-state index contributed by atoms with van der Waals surface area (Å²) in [6, 6.07) is 5.92. The van der Waals surface area contributed by atoms with E-state index in [1.807, 2.05) is 11.4 Å². The van der Waals surface area contributed by atoms with Gasteiger partial charge in [0.1, 0.15) is 16.9 Å². The van der Waals surface area contributed by atoms with Crippen molar-refractivity contribution < 1.29 is 17.9 Å². The minimum atomic E-state index is -3.66. The van der Waals surface area contributed by atoms with Crippen LogP contribution in [0, 0.1) is 0 Å². The fraction of sp³-hybridized carbons (Fsp3) is 0.235. The molecule has 2 N–H and O–H groups in total. The predicted molar refractivity (Wildman–Crippen MR) is 100 cm³/mol. The highest BCUT2D eigenvalue weighted by Gasteiger charge is 2.28. The van der Waals surface area contributed by atoms with Crippen molar-refractivity contribution in [2.24, 2.45) is 5.73 Å². The van der Waals surface area contributed by atoms with Crippen LogP contribution < -0.4 is 10.5 Å². The standard InChI is InChI=1S/C17H16N4O4S2/c18-15(22)13-9-11(27(23,24)21-6-1-2-7-21)3-4-14(13)25-16-12-5-8-26-17(12)20-10-19-16/h3-5,8-10H,1-2,6-7H2,(H2,18,22). The van der Waals surface area contributed by atoms with Gasteiger partial charge in [-0.2, -0.15) is 4.31 Å². The first-order valence-electron chi connectivity index (χ1n) is 8.27. The van der Waals surface area contributed by atoms with Crippen LogP contribution in [0.2, 0.25) is 0 Å². The minimum Gasteiger partial charge on any atom is -0.437 e. The van der Waals surface area contributed by atoms with Gasteiger partial charge < -0.3 is 10.5 Å². The Morgan fingerprint density at radius 3 is 2.70 bits per heavy atom. The van der Waals surface area contributed by atoms with Crippen molar-refractivity contribution in [3.63, 3.8) is 0 Å². The summed E-state index contributed by atoms with van der Waals surface area (Å²) in [4.78, 5) is 20.9. The SMILES string of the molecule is NC(=O)c1cc(S(=O)(=O)N2CCCC2)ccc1Oc1ncnc2sccc12. The van der Waals surface area contributed by atoms with E-state index in [0.29, 0.717) is 18.5 Å². The summed E-state index contributed by atoms with van der Waals surface area (Å²) in [7, 11) is -3.66. The predicted octanol–water partition coefficient (Wildman–Crippen LogP) is 2.37. The number of carbonyl (C=O) groups excluding carboxylic acids is 1. The molecule has 3 aromatic rings. The highest BCUT2D eigenvalue weighted by atomic mass is 32.2. The fourth-order valence-electron chi connectivity index (χ4n) is 2.98. The Balaban J connectivity index is 1.74. The van der Waals surface area contributed by atoms with Crippen molar-refractivity contribution in [1.82, 2.24) is 14.3 Å². The molecule has 10 heteroatoms. The number of ether oxygens (including phenoxy) is 1. The van der Waals surface area contributed by atoms with E-state index < -0.39 is 15.9 Å². The number of fused-ring (bicyclic) bond motifs is 1. The maximum Gasteiger partial charge on any atom is 0.252 e. The smallest absolute Gasteiger partial charge is 0.252 e. The summed E-state index contributed by atoms with van der Waals surface area (Å²) < 4.78 is 32.7. The van der Waals surface area contributed by atoms with Crippen LogP contribution in [0.1, 0.15) is 23.2 Å². The Kier molecular flexibility index (Phi) is 4.54. The third kappa shape index (κ3) is 3.27. The first kappa shape index (κ1) is 17.8. The highest BCUT2D eigenvalue weighted by molar-refractivity contribution is 7.89. The van der Waals surface area contributed by atoms with Crippen molar-refractivity contribution in [3.05, 3.63) is 41.5 Å². The van der Waals surface area contributed by atoms with E-state index in [1.54, 1.807) is 0 Å². The molecule has 0 spiro atoms. The first-order valence-corrected chi connectivity index (χ1v) is 10.6. The van der Waals surface area contributed by atoms with Crippen LogP contribution in [0.25, 0.3) is 10.2 Å². The number of amides is 1. The van der Waals surface area contributed by atoms with Crippen LogP contribution in [-0.4, -0.2) is 41.7 Å². The van der Waals surface area contributed by atoms with E-state index in [0.717, 1.165) is 17.7 Å². The van der Waals surface area contributed by atoms with Gasteiger partial charge in [0.2, 0.25) is 15.9 Å². The average Bonchev–Trinajstić information content (AvgIpc) is 3.34. The minimum absolute atomic E-state index is 0.0164. The van der Waals surface area contributed by atoms with Gasteiger partial charge in [-0.1, -0.05) is 0 Å². The molecular formula is C17H16N4O4S2. The highest BCUT2D eigenvalue weighted by Crippen LogP contribution is 2.33. The normalized spacial score (nSPS) is 15.3. The molecule has 0 radical (unpaired) electrons. The summed E-state index contributed by atoms with van der Waals surface area (Å²) in [5.74, 6) is -0.355. The largest absolute Gasteiger partial charge is 0.437 e. The second-order valence-corrected chi connectivity index (χ2v) is 8.89. The molecular weight excluding hydrogens is 388 g/mol. The summed E-state index contributed by atoms with van der Waals surface area (Å²) in [6.45, 7) is 0.952. The Morgan fingerprint density at radius 2 is 1.96 bits per heavy atom. The number of nitrogens with zero attached hydrogens (tertiary/aromatic N) is 3. The van der Waals surface area contributed by atoms with Crippen LogP contribution in [0.3, 0.4) is 0 Å². The van der Waals surface area contributed by atoms with Gasteiger partial charge >= 0.3 is 0 Å². The van der Waals surface area contributed by atoms with Gasteiger partial charge in [0.05, 0.1) is 15.8 Å². The molecule has 1 aromatic carbocycles. The molecule has 0 unspecified atom stereocenters. The molecule has 1 aliphatic rings. The van der Waals surface area contributed by atoms with Gasteiger partial charge in [0.15, 0.2) is 0 Å². The number of nitrogens with two attached hydrogens (primary N) is 1. The van der Waals surface area contributed by atoms with Crippen molar-refractivity contribution in [2.45, 2.75) is 17.7 Å². The van der Waals surface area contributed by atoms with Gasteiger partial charge in [-0.3, -0.25) is 4.79 Å². The van der Waals surface area contributed by atoms with Crippen molar-refractivity contribution in [3.8, 4) is 11.6 Å². The molecule has 0 atom stereocenters. The van der Waals surface area contributed by atoms with E-state index >= 15 is 0 Å². The lowest BCUT2D eigenvalue weighted by molar-refractivity contribution is 0.0998. The summed E-state index contributed by atoms with van der Waals surface area (Å²) >= 11 is 1.43. The molecule has 0 saturated carbocycles. The number of hydrogen-bond donors (Lipinski definition) is 1. The van der Waals surface area contributed by atoms with Crippen molar-refractivity contribution in [1.29, 1.82) is 0 Å². The molecule has 1 fully saturated rings. The van der Waals surface area contributed by atoms with Gasteiger partial charge in [0.25, 0.3) is 5.91 Å². The number of sulfonamides is 1. The number of rotatable bonds is 5. The first-order chi connectivity index (χ1) is 13.0. The van der Waals surface area contributed by atoms with Crippen molar-refractivity contribution in [2.75, 3.05) is 13.1 Å². The molecule has 1 saturated heterocycles. The topological polar surface area (TPSA) is 115 Å². The number of primary amides is 1. The summed E-state index contributed by atoms with van der Waals surface area (Å²) in [6.07, 6.45) is 3.02. The van der Waals surface area contributed by atoms with E-state index in [9.17, 15) is 13.2 Å². The zero-order valence-electron chi connectivity index (χ0n) is 14.2. The van der Waals surface area contributed by atoms with Gasteiger partial charge in [0, 0.05) is 13.1 Å². The number of hydrogen-bond acceptors (Lipinski definition) is 7. The zero-order valence-corrected chi connectivity index (χ0v) is 15.8. The second kappa shape index (κ2) is 6.87. The van der Waals surface area contributed by atoms with Crippen LogP contribution in [-0.2, 0) is 10.0 Å². The molecule has 1 amide bonds. The van der Waals surface area contributed by atoms with E-state index in [4.69, 9.17) is 10.5 Å². The molecule has 1 aliphatic heterocycles. The third-order valence-electron chi connectivity index (χ3n) is 4.35. The Morgan fingerprint density at radius 1 is 1.19 bits per heavy atom. The lowest BCUT2D eigenvalue weighted by Gasteiger charge is -2.17. The van der Waals surface area contributed by atoms with E-state index in [1.165, 1.54) is 40.2 Å². The maximum absolute atomic E-state index is 12.7.